The Morgan fingerprint density at radius 1 is 0.478 bits per heavy atom. The van der Waals surface area contributed by atoms with Gasteiger partial charge in [0.25, 0.3) is 17.4 Å². The van der Waals surface area contributed by atoms with Crippen LogP contribution in [-0.4, -0.2) is 145 Å². The van der Waals surface area contributed by atoms with Gasteiger partial charge in [0.15, 0.2) is 0 Å². The molecule has 14 rings (SSSR count). The summed E-state index contributed by atoms with van der Waals surface area (Å²) >= 11 is 6.49. The monoisotopic (exact) mass is 1720 g/mol. The van der Waals surface area contributed by atoms with Gasteiger partial charge in [-0.1, -0.05) is 18.2 Å². The van der Waals surface area contributed by atoms with Crippen LogP contribution in [0, 0.1) is 34.9 Å². The Bertz CT molecular complexity index is 5310. The predicted octanol–water partition coefficient (Wildman–Crippen LogP) is 16.9. The molecule has 0 saturated carbocycles. The van der Waals surface area contributed by atoms with E-state index in [-0.39, 0.29) is 52.5 Å². The largest absolute Gasteiger partial charge is 0.495 e. The summed E-state index contributed by atoms with van der Waals surface area (Å²) in [5, 5.41) is 0. The average Bonchev–Trinajstić information content (AvgIpc) is 1.53. The normalized spacial score (nSPS) is 12.6. The van der Waals surface area contributed by atoms with E-state index in [2.05, 4.69) is 71.6 Å². The fourth-order valence-electron chi connectivity index (χ4n) is 12.6. The third-order valence-electron chi connectivity index (χ3n) is 17.6. The molecule has 0 bridgehead atoms. The first-order valence-electron chi connectivity index (χ1n) is 36.1. The number of pyridine rings is 5. The molecule has 0 saturated heterocycles. The van der Waals surface area contributed by atoms with E-state index in [0.29, 0.717) is 126 Å². The molecule has 606 valence electrons. The van der Waals surface area contributed by atoms with Crippen LogP contribution in [0.5, 0.6) is 52.3 Å². The number of nitrogens with zero attached hydrogens (tertiary/aromatic N) is 8. The number of benzene rings is 3. The molecule has 3 aliphatic rings. The number of rotatable bonds is 19. The van der Waals surface area contributed by atoms with Gasteiger partial charge >= 0.3 is 6.09 Å². The predicted molar refractivity (Wildman–Crippen MR) is 426 cm³/mol. The number of anilines is 3. The van der Waals surface area contributed by atoms with Crippen molar-refractivity contribution in [3.63, 3.8) is 0 Å². The van der Waals surface area contributed by atoms with Crippen LogP contribution in [0.25, 0.3) is 33.8 Å². The Morgan fingerprint density at radius 3 is 1.36 bits per heavy atom. The number of aromatic amines is 3. The number of carbonyl (C=O) groups is 3. The maximum Gasteiger partial charge on any atom is 0.419 e. The summed E-state index contributed by atoms with van der Waals surface area (Å²) in [7, 11) is 7.70. The maximum atomic E-state index is 14.8. The molecule has 25 nitrogen and oxygen atoms in total. The van der Waals surface area contributed by atoms with E-state index < -0.39 is 58.1 Å². The van der Waals surface area contributed by atoms with Crippen LogP contribution in [-0.2, 0) is 30.5 Å². The lowest BCUT2D eigenvalue weighted by Gasteiger charge is -2.29. The van der Waals surface area contributed by atoms with Crippen LogP contribution >= 0.6 is 31.9 Å². The van der Waals surface area contributed by atoms with Crippen LogP contribution in [0.4, 0.5) is 48.2 Å². The molecule has 11 aromatic rings. The zero-order valence-electron chi connectivity index (χ0n) is 64.8. The van der Waals surface area contributed by atoms with E-state index in [1.54, 1.807) is 82.7 Å². The molecule has 3 aromatic carbocycles. The van der Waals surface area contributed by atoms with Crippen molar-refractivity contribution in [2.45, 2.75) is 79.9 Å². The Morgan fingerprint density at radius 2 is 0.887 bits per heavy atom. The summed E-state index contributed by atoms with van der Waals surface area (Å²) < 4.78 is 142. The summed E-state index contributed by atoms with van der Waals surface area (Å²) in [5.41, 5.74) is 4.13. The number of H-pyrrole nitrogens is 3. The molecule has 0 spiro atoms. The van der Waals surface area contributed by atoms with E-state index in [1.807, 2.05) is 33.8 Å². The fourth-order valence-corrected chi connectivity index (χ4v) is 13.3. The lowest BCUT2D eigenvalue weighted by molar-refractivity contribution is 0.0535. The minimum atomic E-state index is -0.870. The third-order valence-corrected chi connectivity index (χ3v) is 18.9. The van der Waals surface area contributed by atoms with Gasteiger partial charge in [-0.3, -0.25) is 14.4 Å². The molecule has 0 atom stereocenters. The number of nitrogens with one attached hydrogen (secondary N) is 3. The smallest absolute Gasteiger partial charge is 0.419 e. The molecule has 0 radical (unpaired) electrons. The molecule has 0 aliphatic carbocycles. The summed E-state index contributed by atoms with van der Waals surface area (Å²) in [6, 6.07) is 23.7. The number of methoxy groups -OCH3 is 5. The number of amides is 2. The summed E-state index contributed by atoms with van der Waals surface area (Å²) in [4.78, 5) is 81.2. The molecule has 8 aromatic heterocycles. The minimum Gasteiger partial charge on any atom is -0.495 e. The summed E-state index contributed by atoms with van der Waals surface area (Å²) in [6.07, 6.45) is 8.53. The van der Waals surface area contributed by atoms with Gasteiger partial charge in [0.2, 0.25) is 23.5 Å². The van der Waals surface area contributed by atoms with Crippen molar-refractivity contribution < 1.29 is 88.1 Å². The molecule has 33 heteroatoms. The van der Waals surface area contributed by atoms with Crippen molar-refractivity contribution in [1.29, 1.82) is 0 Å². The van der Waals surface area contributed by atoms with Gasteiger partial charge in [0.1, 0.15) is 80.6 Å². The van der Waals surface area contributed by atoms with E-state index in [9.17, 15) is 45.5 Å². The molecule has 0 unspecified atom stereocenters. The highest BCUT2D eigenvalue weighted by Gasteiger charge is 2.37. The van der Waals surface area contributed by atoms with Gasteiger partial charge in [-0.2, -0.15) is 0 Å². The van der Waals surface area contributed by atoms with Gasteiger partial charge < -0.3 is 77.0 Å². The van der Waals surface area contributed by atoms with Crippen LogP contribution in [0.15, 0.2) is 148 Å². The highest BCUT2D eigenvalue weighted by Crippen LogP contribution is 2.42. The average molecular weight is 1720 g/mol. The first-order chi connectivity index (χ1) is 55.2. The Kier molecular flexibility index (Phi) is 28.7. The summed E-state index contributed by atoms with van der Waals surface area (Å²) in [5.74, 6) is -0.408. The quantitative estimate of drug-likeness (QED) is 0.0635. The molecular formula is C82H83Br2F6N11O14. The van der Waals surface area contributed by atoms with Crippen LogP contribution in [0.1, 0.15) is 91.8 Å². The van der Waals surface area contributed by atoms with Crippen molar-refractivity contribution in [2.75, 3.05) is 96.3 Å². The van der Waals surface area contributed by atoms with E-state index in [1.165, 1.54) is 99.3 Å². The number of hydrogen-bond acceptors (Lipinski definition) is 19. The minimum absolute atomic E-state index is 0.0243. The maximum absolute atomic E-state index is 14.8. The van der Waals surface area contributed by atoms with E-state index in [0.717, 1.165) is 61.3 Å². The first kappa shape index (κ1) is 85.4. The molecule has 2 amide bonds. The van der Waals surface area contributed by atoms with Crippen molar-refractivity contribution in [1.82, 2.24) is 39.5 Å². The van der Waals surface area contributed by atoms with Crippen molar-refractivity contribution in [3.05, 3.63) is 222 Å². The molecule has 0 fully saturated rings. The fraction of sp³-hybridized carbons (Fsp3) is 0.293. The lowest BCUT2D eigenvalue weighted by atomic mass is 10.1. The number of ether oxygens (including phenoxy) is 10. The van der Waals surface area contributed by atoms with Crippen molar-refractivity contribution in [2.24, 2.45) is 0 Å². The second kappa shape index (κ2) is 38.7. The number of carbonyl (C=O) groups excluding carboxylic acids is 3. The SMILES string of the molecule is CCOc1cc(OC)c(Br)cn1.CCOc1cc(OC)c(N2CCc3[nH]c(-c4c(F)cccc4F)cc3C2)cn1.CCOc1cc(OC)c(N2CCc3[nH]c(-c4c(F)cccc4F)cc3C2=O)cn1.CCOc1cc(OC)c(N2CCc3c(cc(-c4c(F)cccc4F)n3C(=O)OC(C)(C)C)C2=O)cn1.COc1cc(=O)[nH]cc1Br. The first-order valence-corrected chi connectivity index (χ1v) is 37.7. The molecular weight excluding hydrogens is 1640 g/mol. The Hall–Kier alpha value is -12.0. The molecule has 115 heavy (non-hydrogen) atoms. The van der Waals surface area contributed by atoms with Gasteiger partial charge in [-0.25, -0.2) is 55.6 Å². The van der Waals surface area contributed by atoms with Crippen LogP contribution in [0.2, 0.25) is 0 Å². The number of halogens is 8. The number of hydrogen-bond donors (Lipinski definition) is 3. The van der Waals surface area contributed by atoms with E-state index in [4.69, 9.17) is 47.4 Å². The summed E-state index contributed by atoms with van der Waals surface area (Å²) in [6.45, 7) is 16.4. The third kappa shape index (κ3) is 20.1. The number of fused-ring (bicyclic) bond motifs is 3. The Balaban J connectivity index is 0.000000162. The highest BCUT2D eigenvalue weighted by molar-refractivity contribution is 9.11. The topological polar surface area (TPSA) is 274 Å². The van der Waals surface area contributed by atoms with Gasteiger partial charge in [0.05, 0.1) is 140 Å². The van der Waals surface area contributed by atoms with Crippen LogP contribution in [0.3, 0.4) is 0 Å². The standard InChI is InChI=1S/C26H27F2N3O5.C21H19F2N3O3.C21H21F2N3O2.C8H10BrNO2.C6H6BrNO2/c1-6-35-22-13-21(34-5)20(14-29-22)30-11-10-18-15(24(30)32)12-19(23-16(27)8-7-9-17(23)28)31(18)25(33)36-26(2,3)4;1-3-29-19-10-18(28-2)17(11-24-19)26-8-7-15-12(21(26)27)9-16(25-15)20-13(22)5-4-6-14(20)23;1-3-28-20-10-19(27-2)18(11-24-20)26-8-7-16-13(12-26)9-17(25-16)21-14(22)5-4-6-15(21)23;1-3-12-8-4-7(11-2)6(9)5-10-8;1-10-5-2-6(9)8-3-4(5)7/h7-9,12-14H,6,10-11H2,1-5H3;4-6,9-11,25H,3,7-8H2,1-2H3;4-6,9-11,25H,3,7-8,12H2,1-2H3;4-5H,3H2,1-2H3;2-3H,1H3,(H,8,9). The second-order valence-electron chi connectivity index (χ2n) is 26.0. The molecule has 11 heterocycles. The number of aromatic nitrogens is 8. The van der Waals surface area contributed by atoms with Crippen molar-refractivity contribution in [3.8, 4) is 86.0 Å². The molecule has 3 aliphatic heterocycles. The highest BCUT2D eigenvalue weighted by atomic mass is 79.9. The zero-order chi connectivity index (χ0) is 82.9. The van der Waals surface area contributed by atoms with Gasteiger partial charge in [0, 0.05) is 105 Å². The lowest BCUT2D eigenvalue weighted by Crippen LogP contribution is -2.39. The van der Waals surface area contributed by atoms with Crippen LogP contribution < -0.4 is 62.9 Å². The van der Waals surface area contributed by atoms with Gasteiger partial charge in [-0.05, 0) is 140 Å². The van der Waals surface area contributed by atoms with E-state index >= 15 is 0 Å². The van der Waals surface area contributed by atoms with Crippen molar-refractivity contribution >= 4 is 66.8 Å². The molecule has 3 N–H and O–H groups in total. The van der Waals surface area contributed by atoms with Gasteiger partial charge in [-0.15, -0.1) is 0 Å². The second-order valence-corrected chi connectivity index (χ2v) is 27.7. The zero-order valence-corrected chi connectivity index (χ0v) is 68.0. The Labute approximate surface area is 675 Å².